The highest BCUT2D eigenvalue weighted by Gasteiger charge is 2.51. The molecule has 2 aliphatic rings. The van der Waals surface area contributed by atoms with Gasteiger partial charge in [-0.05, 0) is 18.6 Å². The lowest BCUT2D eigenvalue weighted by atomic mass is 10.1. The zero-order valence-corrected chi connectivity index (χ0v) is 12.0. The van der Waals surface area contributed by atoms with Gasteiger partial charge in [0.05, 0.1) is 16.4 Å². The molecule has 1 spiro atoms. The van der Waals surface area contributed by atoms with Crippen molar-refractivity contribution in [1.82, 2.24) is 9.62 Å². The molecular formula is C12H15N3O5S. The minimum Gasteiger partial charge on any atom is -0.357 e. The van der Waals surface area contributed by atoms with Crippen molar-refractivity contribution in [2.24, 2.45) is 0 Å². The molecule has 2 aliphatic heterocycles. The van der Waals surface area contributed by atoms with Crippen molar-refractivity contribution in [3.63, 3.8) is 0 Å². The van der Waals surface area contributed by atoms with Crippen LogP contribution in [0.5, 0.6) is 0 Å². The lowest BCUT2D eigenvalue weighted by Gasteiger charge is -2.51. The van der Waals surface area contributed by atoms with Crippen LogP contribution >= 0.6 is 0 Å². The number of nitro groups is 1. The van der Waals surface area contributed by atoms with Gasteiger partial charge in [-0.15, -0.1) is 0 Å². The number of hydrogen-bond acceptors (Lipinski definition) is 6. The number of non-ortho nitro benzene ring substituents is 1. The second-order valence-electron chi connectivity index (χ2n) is 5.08. The summed E-state index contributed by atoms with van der Waals surface area (Å²) in [6.07, 6.45) is 0.633. The molecule has 2 heterocycles. The van der Waals surface area contributed by atoms with Crippen molar-refractivity contribution in [2.75, 3.05) is 26.2 Å². The molecule has 9 heteroatoms. The van der Waals surface area contributed by atoms with Gasteiger partial charge in [0.25, 0.3) is 5.69 Å². The highest BCUT2D eigenvalue weighted by molar-refractivity contribution is 7.89. The van der Waals surface area contributed by atoms with Crippen LogP contribution in [-0.2, 0) is 14.8 Å². The van der Waals surface area contributed by atoms with E-state index in [4.69, 9.17) is 4.74 Å². The number of hydrogen-bond donors (Lipinski definition) is 1. The highest BCUT2D eigenvalue weighted by Crippen LogP contribution is 2.32. The van der Waals surface area contributed by atoms with Gasteiger partial charge in [0.1, 0.15) is 0 Å². The van der Waals surface area contributed by atoms with E-state index >= 15 is 0 Å². The standard InChI is InChI=1S/C12H15N3O5S/c16-15(17)10-2-4-11(5-3-10)21(18,19)14-6-1-7-20-12(14)8-13-9-12/h2-5,13H,1,6-9H2. The van der Waals surface area contributed by atoms with E-state index in [-0.39, 0.29) is 10.6 Å². The fourth-order valence-electron chi connectivity index (χ4n) is 2.57. The van der Waals surface area contributed by atoms with E-state index in [1.165, 1.54) is 28.6 Å². The van der Waals surface area contributed by atoms with E-state index in [9.17, 15) is 18.5 Å². The third-order valence-electron chi connectivity index (χ3n) is 3.77. The van der Waals surface area contributed by atoms with E-state index in [0.717, 1.165) is 0 Å². The lowest BCUT2D eigenvalue weighted by Crippen LogP contribution is -2.73. The van der Waals surface area contributed by atoms with Crippen molar-refractivity contribution in [3.05, 3.63) is 34.4 Å². The average molecular weight is 313 g/mol. The maximum absolute atomic E-state index is 12.7. The Morgan fingerprint density at radius 1 is 1.29 bits per heavy atom. The highest BCUT2D eigenvalue weighted by atomic mass is 32.2. The first-order valence-electron chi connectivity index (χ1n) is 6.58. The van der Waals surface area contributed by atoms with Crippen molar-refractivity contribution in [2.45, 2.75) is 17.0 Å². The van der Waals surface area contributed by atoms with E-state index in [1.807, 2.05) is 0 Å². The Hall–Kier alpha value is -1.55. The normalized spacial score (nSPS) is 21.9. The van der Waals surface area contributed by atoms with Crippen molar-refractivity contribution < 1.29 is 18.1 Å². The van der Waals surface area contributed by atoms with Gasteiger partial charge in [-0.25, -0.2) is 8.42 Å². The summed E-state index contributed by atoms with van der Waals surface area (Å²) in [5, 5.41) is 13.7. The average Bonchev–Trinajstić information content (AvgIpc) is 2.45. The monoisotopic (exact) mass is 313 g/mol. The van der Waals surface area contributed by atoms with Crippen LogP contribution in [0.25, 0.3) is 0 Å². The molecule has 0 saturated carbocycles. The van der Waals surface area contributed by atoms with Crippen LogP contribution in [0.4, 0.5) is 5.69 Å². The smallest absolute Gasteiger partial charge is 0.269 e. The van der Waals surface area contributed by atoms with Crippen LogP contribution in [0.1, 0.15) is 6.42 Å². The summed E-state index contributed by atoms with van der Waals surface area (Å²) < 4.78 is 32.5. The molecule has 1 N–H and O–H groups in total. The quantitative estimate of drug-likeness (QED) is 0.636. The number of sulfonamides is 1. The van der Waals surface area contributed by atoms with E-state index in [0.29, 0.717) is 32.7 Å². The minimum absolute atomic E-state index is 0.0462. The van der Waals surface area contributed by atoms with Crippen LogP contribution in [0.2, 0.25) is 0 Å². The Balaban J connectivity index is 1.93. The summed E-state index contributed by atoms with van der Waals surface area (Å²) in [4.78, 5) is 10.1. The maximum atomic E-state index is 12.7. The number of rotatable bonds is 3. The Bertz CT molecular complexity index is 654. The minimum atomic E-state index is -3.73. The molecular weight excluding hydrogens is 298 g/mol. The van der Waals surface area contributed by atoms with Gasteiger partial charge in [-0.2, -0.15) is 4.31 Å². The van der Waals surface area contributed by atoms with Crippen molar-refractivity contribution in [3.8, 4) is 0 Å². The van der Waals surface area contributed by atoms with Crippen LogP contribution in [0.3, 0.4) is 0 Å². The summed E-state index contributed by atoms with van der Waals surface area (Å²) in [5.41, 5.74) is -0.942. The number of ether oxygens (including phenoxy) is 1. The molecule has 8 nitrogen and oxygen atoms in total. The van der Waals surface area contributed by atoms with Crippen molar-refractivity contribution in [1.29, 1.82) is 0 Å². The van der Waals surface area contributed by atoms with Gasteiger partial charge < -0.3 is 10.1 Å². The van der Waals surface area contributed by atoms with E-state index in [2.05, 4.69) is 5.32 Å². The molecule has 3 rings (SSSR count). The first kappa shape index (κ1) is 14.4. The van der Waals surface area contributed by atoms with Gasteiger partial charge in [-0.3, -0.25) is 10.1 Å². The molecule has 0 aliphatic carbocycles. The molecule has 2 saturated heterocycles. The van der Waals surface area contributed by atoms with Gasteiger partial charge in [-0.1, -0.05) is 0 Å². The molecule has 1 aromatic rings. The summed E-state index contributed by atoms with van der Waals surface area (Å²) in [6.45, 7) is 1.84. The summed E-state index contributed by atoms with van der Waals surface area (Å²) in [5.74, 6) is 0. The predicted molar refractivity (Wildman–Crippen MR) is 73.2 cm³/mol. The Kier molecular flexibility index (Phi) is 3.44. The van der Waals surface area contributed by atoms with Crippen LogP contribution in [0, 0.1) is 10.1 Å². The molecule has 0 aromatic heterocycles. The third kappa shape index (κ3) is 2.31. The number of nitrogens with one attached hydrogen (secondary N) is 1. The molecule has 0 bridgehead atoms. The first-order valence-corrected chi connectivity index (χ1v) is 8.02. The molecule has 0 atom stereocenters. The topological polar surface area (TPSA) is 102 Å². The van der Waals surface area contributed by atoms with E-state index < -0.39 is 20.7 Å². The summed E-state index contributed by atoms with van der Waals surface area (Å²) in [6, 6.07) is 4.93. The van der Waals surface area contributed by atoms with Gasteiger partial charge in [0, 0.05) is 31.8 Å². The molecule has 21 heavy (non-hydrogen) atoms. The molecule has 2 fully saturated rings. The fraction of sp³-hybridized carbons (Fsp3) is 0.500. The predicted octanol–water partition coefficient (Wildman–Crippen LogP) is 0.305. The van der Waals surface area contributed by atoms with Crippen molar-refractivity contribution >= 4 is 15.7 Å². The second kappa shape index (κ2) is 5.02. The summed E-state index contributed by atoms with van der Waals surface area (Å²) in [7, 11) is -3.73. The first-order chi connectivity index (χ1) is 9.96. The molecule has 0 radical (unpaired) electrons. The largest absolute Gasteiger partial charge is 0.357 e. The Morgan fingerprint density at radius 3 is 2.48 bits per heavy atom. The lowest BCUT2D eigenvalue weighted by molar-refractivity contribution is -0.384. The zero-order chi connectivity index (χ0) is 15.1. The second-order valence-corrected chi connectivity index (χ2v) is 6.94. The third-order valence-corrected chi connectivity index (χ3v) is 5.73. The number of nitrogens with zero attached hydrogens (tertiary/aromatic N) is 2. The summed E-state index contributed by atoms with van der Waals surface area (Å²) >= 11 is 0. The molecule has 0 amide bonds. The molecule has 1 aromatic carbocycles. The number of nitro benzene ring substituents is 1. The molecule has 0 unspecified atom stereocenters. The van der Waals surface area contributed by atoms with Crippen LogP contribution in [0.15, 0.2) is 29.2 Å². The Morgan fingerprint density at radius 2 is 1.95 bits per heavy atom. The van der Waals surface area contributed by atoms with E-state index in [1.54, 1.807) is 0 Å². The van der Waals surface area contributed by atoms with Crippen LogP contribution in [-0.4, -0.2) is 49.6 Å². The van der Waals surface area contributed by atoms with Gasteiger partial charge >= 0.3 is 0 Å². The Labute approximate surface area is 121 Å². The SMILES string of the molecule is O=[N+]([O-])c1ccc(S(=O)(=O)N2CCCOC23CNC3)cc1. The molecule has 114 valence electrons. The van der Waals surface area contributed by atoms with Crippen LogP contribution < -0.4 is 5.32 Å². The fourth-order valence-corrected chi connectivity index (χ4v) is 4.29. The van der Waals surface area contributed by atoms with Gasteiger partial charge in [0.15, 0.2) is 5.72 Å². The van der Waals surface area contributed by atoms with Gasteiger partial charge in [0.2, 0.25) is 10.0 Å². The maximum Gasteiger partial charge on any atom is 0.269 e. The zero-order valence-electron chi connectivity index (χ0n) is 11.2. The number of benzene rings is 1.